The van der Waals surface area contributed by atoms with E-state index in [4.69, 9.17) is 9.47 Å². The molecule has 2 aliphatic rings. The maximum atomic E-state index is 11.9. The summed E-state index contributed by atoms with van der Waals surface area (Å²) in [5.41, 5.74) is 1.13. The smallest absolute Gasteiger partial charge is 0.312 e. The van der Waals surface area contributed by atoms with Crippen molar-refractivity contribution in [3.8, 4) is 0 Å². The van der Waals surface area contributed by atoms with Gasteiger partial charge in [-0.3, -0.25) is 9.78 Å². The van der Waals surface area contributed by atoms with E-state index >= 15 is 0 Å². The van der Waals surface area contributed by atoms with Gasteiger partial charge in [0.05, 0.1) is 25.2 Å². The molecular weight excluding hydrogens is 218 g/mol. The molecule has 0 radical (unpaired) electrons. The van der Waals surface area contributed by atoms with Gasteiger partial charge in [0, 0.05) is 18.3 Å². The molecule has 90 valence electrons. The lowest BCUT2D eigenvalue weighted by molar-refractivity contribution is -0.147. The summed E-state index contributed by atoms with van der Waals surface area (Å²) in [6, 6.07) is 3.93. The SMILES string of the molecule is COC(=O)[C@@H]1[C@@H](c2ccncc2)[C@@H]2CC[C@H]1O2. The van der Waals surface area contributed by atoms with Crippen LogP contribution >= 0.6 is 0 Å². The summed E-state index contributed by atoms with van der Waals surface area (Å²) >= 11 is 0. The molecule has 2 fully saturated rings. The lowest BCUT2D eigenvalue weighted by Gasteiger charge is -2.26. The van der Waals surface area contributed by atoms with Gasteiger partial charge in [-0.15, -0.1) is 0 Å². The van der Waals surface area contributed by atoms with E-state index in [1.165, 1.54) is 7.11 Å². The van der Waals surface area contributed by atoms with Gasteiger partial charge in [-0.05, 0) is 30.5 Å². The third-order valence-corrected chi connectivity index (χ3v) is 3.84. The molecule has 0 aromatic carbocycles. The molecule has 0 saturated carbocycles. The van der Waals surface area contributed by atoms with Gasteiger partial charge in [0.15, 0.2) is 0 Å². The molecule has 2 aliphatic heterocycles. The monoisotopic (exact) mass is 233 g/mol. The fraction of sp³-hybridized carbons (Fsp3) is 0.538. The standard InChI is InChI=1S/C13H15NO3/c1-16-13(15)12-10-3-2-9(17-10)11(12)8-4-6-14-7-5-8/h4-7,9-12H,2-3H2,1H3/t9-,10+,11-,12-/m0/s1. The summed E-state index contributed by atoms with van der Waals surface area (Å²) in [4.78, 5) is 15.9. The Morgan fingerprint density at radius 2 is 2.06 bits per heavy atom. The number of nitrogens with zero attached hydrogens (tertiary/aromatic N) is 1. The number of rotatable bonds is 2. The molecule has 0 amide bonds. The average molecular weight is 233 g/mol. The van der Waals surface area contributed by atoms with Crippen molar-refractivity contribution in [1.29, 1.82) is 0 Å². The van der Waals surface area contributed by atoms with E-state index in [0.29, 0.717) is 0 Å². The van der Waals surface area contributed by atoms with Crippen LogP contribution in [0.2, 0.25) is 0 Å². The van der Waals surface area contributed by atoms with Crippen LogP contribution in [0.4, 0.5) is 0 Å². The number of esters is 1. The van der Waals surface area contributed by atoms with Crippen molar-refractivity contribution in [2.75, 3.05) is 7.11 Å². The van der Waals surface area contributed by atoms with Gasteiger partial charge in [-0.1, -0.05) is 0 Å². The second-order valence-electron chi connectivity index (χ2n) is 4.65. The number of carbonyl (C=O) groups is 1. The van der Waals surface area contributed by atoms with Gasteiger partial charge < -0.3 is 9.47 Å². The molecule has 4 nitrogen and oxygen atoms in total. The highest BCUT2D eigenvalue weighted by Crippen LogP contribution is 2.48. The van der Waals surface area contributed by atoms with E-state index in [1.807, 2.05) is 12.1 Å². The van der Waals surface area contributed by atoms with Gasteiger partial charge in [0.1, 0.15) is 0 Å². The number of carbonyl (C=O) groups excluding carboxylic acids is 1. The van der Waals surface area contributed by atoms with Crippen LogP contribution in [0.1, 0.15) is 24.3 Å². The van der Waals surface area contributed by atoms with Crippen LogP contribution in [0.15, 0.2) is 24.5 Å². The first-order valence-corrected chi connectivity index (χ1v) is 5.94. The predicted octanol–water partition coefficient (Wildman–Crippen LogP) is 1.52. The second kappa shape index (κ2) is 4.11. The Morgan fingerprint density at radius 1 is 1.35 bits per heavy atom. The Morgan fingerprint density at radius 3 is 2.76 bits per heavy atom. The van der Waals surface area contributed by atoms with Crippen LogP contribution in [0.3, 0.4) is 0 Å². The topological polar surface area (TPSA) is 48.4 Å². The summed E-state index contributed by atoms with van der Waals surface area (Å²) in [6.07, 6.45) is 5.71. The van der Waals surface area contributed by atoms with Crippen LogP contribution in [0.5, 0.6) is 0 Å². The minimum Gasteiger partial charge on any atom is -0.469 e. The van der Waals surface area contributed by atoms with Gasteiger partial charge in [0.25, 0.3) is 0 Å². The van der Waals surface area contributed by atoms with Crippen LogP contribution in [0, 0.1) is 5.92 Å². The van der Waals surface area contributed by atoms with Crippen molar-refractivity contribution in [2.45, 2.75) is 31.0 Å². The van der Waals surface area contributed by atoms with E-state index in [1.54, 1.807) is 12.4 Å². The number of aromatic nitrogens is 1. The van der Waals surface area contributed by atoms with Crippen molar-refractivity contribution in [3.05, 3.63) is 30.1 Å². The van der Waals surface area contributed by atoms with Crippen LogP contribution < -0.4 is 0 Å². The largest absolute Gasteiger partial charge is 0.469 e. The summed E-state index contributed by atoms with van der Waals surface area (Å²) in [6.45, 7) is 0. The summed E-state index contributed by atoms with van der Waals surface area (Å²) in [7, 11) is 1.44. The molecule has 3 rings (SSSR count). The first-order chi connectivity index (χ1) is 8.31. The number of fused-ring (bicyclic) bond motifs is 2. The van der Waals surface area contributed by atoms with Crippen LogP contribution in [-0.2, 0) is 14.3 Å². The molecule has 4 atom stereocenters. The summed E-state index contributed by atoms with van der Waals surface area (Å²) < 4.78 is 10.8. The molecular formula is C13H15NO3. The zero-order valence-electron chi connectivity index (χ0n) is 9.70. The predicted molar refractivity (Wildman–Crippen MR) is 60.4 cm³/mol. The molecule has 17 heavy (non-hydrogen) atoms. The minimum atomic E-state index is -0.154. The third kappa shape index (κ3) is 1.63. The molecule has 0 unspecified atom stereocenters. The van der Waals surface area contributed by atoms with Gasteiger partial charge in [0.2, 0.25) is 0 Å². The maximum Gasteiger partial charge on any atom is 0.312 e. The summed E-state index contributed by atoms with van der Waals surface area (Å²) in [5, 5.41) is 0. The third-order valence-electron chi connectivity index (χ3n) is 3.84. The molecule has 0 N–H and O–H groups in total. The Bertz CT molecular complexity index is 420. The maximum absolute atomic E-state index is 11.9. The van der Waals surface area contributed by atoms with Crippen molar-refractivity contribution >= 4 is 5.97 Å². The number of methoxy groups -OCH3 is 1. The molecule has 1 aromatic heterocycles. The quantitative estimate of drug-likeness (QED) is 0.727. The van der Waals surface area contributed by atoms with Gasteiger partial charge >= 0.3 is 5.97 Å². The van der Waals surface area contributed by atoms with Crippen molar-refractivity contribution in [1.82, 2.24) is 4.98 Å². The zero-order chi connectivity index (χ0) is 11.8. The van der Waals surface area contributed by atoms with Crippen LogP contribution in [0.25, 0.3) is 0 Å². The Kier molecular flexibility index (Phi) is 2.59. The van der Waals surface area contributed by atoms with Crippen molar-refractivity contribution in [3.63, 3.8) is 0 Å². The average Bonchev–Trinajstić information content (AvgIpc) is 2.99. The van der Waals surface area contributed by atoms with Crippen molar-refractivity contribution in [2.24, 2.45) is 5.92 Å². The zero-order valence-corrected chi connectivity index (χ0v) is 9.70. The number of hydrogen-bond donors (Lipinski definition) is 0. The van der Waals surface area contributed by atoms with E-state index in [-0.39, 0.29) is 30.0 Å². The molecule has 1 aromatic rings. The van der Waals surface area contributed by atoms with E-state index in [0.717, 1.165) is 18.4 Å². The highest BCUT2D eigenvalue weighted by atomic mass is 16.5. The van der Waals surface area contributed by atoms with Gasteiger partial charge in [-0.2, -0.15) is 0 Å². The number of pyridine rings is 1. The Balaban J connectivity index is 1.94. The molecule has 3 heterocycles. The molecule has 0 spiro atoms. The highest BCUT2D eigenvalue weighted by molar-refractivity contribution is 5.75. The highest BCUT2D eigenvalue weighted by Gasteiger charge is 2.53. The lowest BCUT2D eigenvalue weighted by Crippen LogP contribution is -2.32. The fourth-order valence-corrected chi connectivity index (χ4v) is 3.12. The Hall–Kier alpha value is -1.42. The number of ether oxygens (including phenoxy) is 2. The second-order valence-corrected chi connectivity index (χ2v) is 4.65. The summed E-state index contributed by atoms with van der Waals surface area (Å²) in [5.74, 6) is -0.177. The molecule has 4 heteroatoms. The van der Waals surface area contributed by atoms with Crippen LogP contribution in [-0.4, -0.2) is 30.3 Å². The fourth-order valence-electron chi connectivity index (χ4n) is 3.12. The molecule has 2 bridgehead atoms. The minimum absolute atomic E-state index is 0.0330. The normalized spacial score (nSPS) is 34.9. The van der Waals surface area contributed by atoms with E-state index < -0.39 is 0 Å². The Labute approximate surface area is 99.9 Å². The lowest BCUT2D eigenvalue weighted by atomic mass is 9.76. The van der Waals surface area contributed by atoms with E-state index in [9.17, 15) is 4.79 Å². The first-order valence-electron chi connectivity index (χ1n) is 5.94. The van der Waals surface area contributed by atoms with E-state index in [2.05, 4.69) is 4.98 Å². The first kappa shape index (κ1) is 10.7. The molecule has 0 aliphatic carbocycles. The van der Waals surface area contributed by atoms with Gasteiger partial charge in [-0.25, -0.2) is 0 Å². The van der Waals surface area contributed by atoms with Crippen molar-refractivity contribution < 1.29 is 14.3 Å². The number of hydrogen-bond acceptors (Lipinski definition) is 4. The molecule has 2 saturated heterocycles.